The van der Waals surface area contributed by atoms with Crippen molar-refractivity contribution in [1.82, 2.24) is 0 Å². The zero-order chi connectivity index (χ0) is 17.6. The minimum atomic E-state index is 0. The Labute approximate surface area is 171 Å². The number of para-hydroxylation sites is 1. The van der Waals surface area contributed by atoms with Gasteiger partial charge in [0.1, 0.15) is 0 Å². The molecule has 0 radical (unpaired) electrons. The number of halogens is 2. The van der Waals surface area contributed by atoms with Gasteiger partial charge in [0.15, 0.2) is 0 Å². The quantitative estimate of drug-likeness (QED) is 0.665. The van der Waals surface area contributed by atoms with Gasteiger partial charge in [0.05, 0.1) is 31.0 Å². The first kappa shape index (κ1) is 20.9. The molecule has 3 rings (SSSR count). The molecule has 138 valence electrons. The van der Waals surface area contributed by atoms with E-state index in [1.165, 1.54) is 26.1 Å². The number of nitrogens with zero attached hydrogens (tertiary/aromatic N) is 1. The van der Waals surface area contributed by atoms with E-state index in [0.29, 0.717) is 0 Å². The summed E-state index contributed by atoms with van der Waals surface area (Å²) in [4.78, 5) is 6.48. The SMILES string of the molecule is C=CC[NH+](CC=C)CCCN1c2ccccc2Sc2ccc(Cl)cc21.[Cl-]. The molecule has 0 saturated heterocycles. The standard InChI is InChI=1S/C21H23ClN2S.ClH/c1-3-12-23(13-4-2)14-7-15-24-18-8-5-6-9-20(18)25-21-11-10-17(22)16-19(21)24;/h3-6,8-11,16H,1-2,7,12-15H2;1H. The van der Waals surface area contributed by atoms with Crippen molar-refractivity contribution in [1.29, 1.82) is 0 Å². The predicted octanol–water partition coefficient (Wildman–Crippen LogP) is 1.59. The number of rotatable bonds is 8. The number of benzene rings is 2. The summed E-state index contributed by atoms with van der Waals surface area (Å²) in [5.41, 5.74) is 2.49. The van der Waals surface area contributed by atoms with Crippen LogP contribution >= 0.6 is 23.4 Å². The van der Waals surface area contributed by atoms with Gasteiger partial charge in [-0.15, -0.1) is 0 Å². The van der Waals surface area contributed by atoms with Gasteiger partial charge in [-0.05, 0) is 42.5 Å². The lowest BCUT2D eigenvalue weighted by atomic mass is 10.2. The van der Waals surface area contributed by atoms with Crippen LogP contribution in [0.2, 0.25) is 5.02 Å². The Morgan fingerprint density at radius 3 is 2.42 bits per heavy atom. The molecule has 1 aliphatic rings. The summed E-state index contributed by atoms with van der Waals surface area (Å²) in [5, 5.41) is 0.786. The zero-order valence-corrected chi connectivity index (χ0v) is 17.1. The summed E-state index contributed by atoms with van der Waals surface area (Å²) >= 11 is 8.09. The molecule has 5 heteroatoms. The van der Waals surface area contributed by atoms with E-state index in [1.807, 2.05) is 30.0 Å². The Hall–Kier alpha value is -1.39. The molecular weight excluding hydrogens is 383 g/mol. The highest BCUT2D eigenvalue weighted by molar-refractivity contribution is 7.99. The minimum Gasteiger partial charge on any atom is -1.00 e. The van der Waals surface area contributed by atoms with E-state index < -0.39 is 0 Å². The van der Waals surface area contributed by atoms with Gasteiger partial charge in [0.25, 0.3) is 0 Å². The lowest BCUT2D eigenvalue weighted by Gasteiger charge is -2.33. The zero-order valence-electron chi connectivity index (χ0n) is 14.8. The maximum Gasteiger partial charge on any atom is 0.0957 e. The van der Waals surface area contributed by atoms with Crippen molar-refractivity contribution in [2.75, 3.05) is 31.1 Å². The van der Waals surface area contributed by atoms with E-state index in [-0.39, 0.29) is 12.4 Å². The fraction of sp³-hybridized carbons (Fsp3) is 0.238. The third-order valence-corrected chi connectivity index (χ3v) is 5.73. The second-order valence-corrected chi connectivity index (χ2v) is 7.69. The molecule has 2 aromatic rings. The molecule has 1 heterocycles. The number of fused-ring (bicyclic) bond motifs is 2. The number of anilines is 2. The van der Waals surface area contributed by atoms with Gasteiger partial charge in [-0.25, -0.2) is 0 Å². The van der Waals surface area contributed by atoms with Crippen LogP contribution in [-0.2, 0) is 0 Å². The van der Waals surface area contributed by atoms with Gasteiger partial charge in [-0.1, -0.05) is 48.7 Å². The predicted molar refractivity (Wildman–Crippen MR) is 110 cm³/mol. The molecule has 0 bridgehead atoms. The molecule has 0 fully saturated rings. The van der Waals surface area contributed by atoms with E-state index in [1.54, 1.807) is 0 Å². The third kappa shape index (κ3) is 4.86. The van der Waals surface area contributed by atoms with Crippen molar-refractivity contribution in [3.63, 3.8) is 0 Å². The molecule has 0 aliphatic carbocycles. The smallest absolute Gasteiger partial charge is 0.0957 e. The highest BCUT2D eigenvalue weighted by Crippen LogP contribution is 2.48. The maximum absolute atomic E-state index is 6.27. The van der Waals surface area contributed by atoms with Crippen LogP contribution < -0.4 is 22.2 Å². The molecule has 0 saturated carbocycles. The number of hydrogen-bond donors (Lipinski definition) is 1. The van der Waals surface area contributed by atoms with Crippen LogP contribution in [-0.4, -0.2) is 26.2 Å². The summed E-state index contributed by atoms with van der Waals surface area (Å²) in [7, 11) is 0. The van der Waals surface area contributed by atoms with E-state index in [9.17, 15) is 0 Å². The topological polar surface area (TPSA) is 7.68 Å². The molecular formula is C21H24Cl2N2S. The first-order chi connectivity index (χ1) is 12.2. The number of hydrogen-bond acceptors (Lipinski definition) is 2. The van der Waals surface area contributed by atoms with Crippen LogP contribution in [0.4, 0.5) is 11.4 Å². The van der Waals surface area contributed by atoms with Crippen molar-refractivity contribution < 1.29 is 17.3 Å². The summed E-state index contributed by atoms with van der Waals surface area (Å²) in [5.74, 6) is 0. The molecule has 1 aliphatic heterocycles. The lowest BCUT2D eigenvalue weighted by Crippen LogP contribution is -3.11. The van der Waals surface area contributed by atoms with Crippen LogP contribution in [0.15, 0.2) is 77.6 Å². The van der Waals surface area contributed by atoms with Crippen LogP contribution in [0.3, 0.4) is 0 Å². The lowest BCUT2D eigenvalue weighted by molar-refractivity contribution is -0.888. The Balaban J connectivity index is 0.00000243. The van der Waals surface area contributed by atoms with Gasteiger partial charge in [0.2, 0.25) is 0 Å². The highest BCUT2D eigenvalue weighted by Gasteiger charge is 2.23. The van der Waals surface area contributed by atoms with E-state index in [2.05, 4.69) is 54.5 Å². The Morgan fingerprint density at radius 1 is 1.00 bits per heavy atom. The first-order valence-corrected chi connectivity index (χ1v) is 9.81. The minimum absolute atomic E-state index is 0. The summed E-state index contributed by atoms with van der Waals surface area (Å²) in [6, 6.07) is 14.8. The average molecular weight is 407 g/mol. The van der Waals surface area contributed by atoms with Crippen LogP contribution in [0, 0.1) is 0 Å². The van der Waals surface area contributed by atoms with Gasteiger partial charge in [-0.3, -0.25) is 0 Å². The maximum atomic E-state index is 6.27. The summed E-state index contributed by atoms with van der Waals surface area (Å²) < 4.78 is 0. The molecule has 0 spiro atoms. The Bertz CT molecular complexity index is 753. The van der Waals surface area contributed by atoms with Crippen molar-refractivity contribution in [2.45, 2.75) is 16.2 Å². The largest absolute Gasteiger partial charge is 1.00 e. The molecule has 2 nitrogen and oxygen atoms in total. The molecule has 0 atom stereocenters. The van der Waals surface area contributed by atoms with E-state index in [4.69, 9.17) is 11.6 Å². The van der Waals surface area contributed by atoms with Gasteiger partial charge in [-0.2, -0.15) is 0 Å². The molecule has 2 aromatic carbocycles. The van der Waals surface area contributed by atoms with Crippen molar-refractivity contribution in [2.24, 2.45) is 0 Å². The molecule has 1 N–H and O–H groups in total. The Kier molecular flexibility index (Phi) is 8.11. The summed E-state index contributed by atoms with van der Waals surface area (Å²) in [6.45, 7) is 11.8. The Morgan fingerprint density at radius 2 is 1.69 bits per heavy atom. The van der Waals surface area contributed by atoms with Crippen molar-refractivity contribution in [3.8, 4) is 0 Å². The van der Waals surface area contributed by atoms with Gasteiger partial charge >= 0.3 is 0 Å². The van der Waals surface area contributed by atoms with Crippen LogP contribution in [0.1, 0.15) is 6.42 Å². The highest BCUT2D eigenvalue weighted by atomic mass is 35.5. The fourth-order valence-corrected chi connectivity index (χ4v) is 4.47. The summed E-state index contributed by atoms with van der Waals surface area (Å²) in [6.07, 6.45) is 5.07. The monoisotopic (exact) mass is 406 g/mol. The van der Waals surface area contributed by atoms with E-state index in [0.717, 1.165) is 37.6 Å². The second kappa shape index (κ2) is 10.1. The van der Waals surface area contributed by atoms with Crippen LogP contribution in [0.5, 0.6) is 0 Å². The third-order valence-electron chi connectivity index (χ3n) is 4.37. The fourth-order valence-electron chi connectivity index (χ4n) is 3.23. The normalized spacial score (nSPS) is 12.2. The van der Waals surface area contributed by atoms with Gasteiger partial charge in [0, 0.05) is 27.8 Å². The average Bonchev–Trinajstić information content (AvgIpc) is 2.62. The van der Waals surface area contributed by atoms with Gasteiger partial charge < -0.3 is 22.2 Å². The molecule has 0 unspecified atom stereocenters. The van der Waals surface area contributed by atoms with E-state index >= 15 is 0 Å². The molecule has 26 heavy (non-hydrogen) atoms. The number of quaternary nitrogens is 1. The molecule has 0 amide bonds. The van der Waals surface area contributed by atoms with Crippen molar-refractivity contribution in [3.05, 3.63) is 72.8 Å². The van der Waals surface area contributed by atoms with Crippen LogP contribution in [0.25, 0.3) is 0 Å². The molecule has 0 aromatic heterocycles. The first-order valence-electron chi connectivity index (χ1n) is 8.62. The second-order valence-electron chi connectivity index (χ2n) is 6.17. The number of nitrogens with one attached hydrogen (secondary N) is 1. The van der Waals surface area contributed by atoms with Crippen molar-refractivity contribution >= 4 is 34.7 Å².